The van der Waals surface area contributed by atoms with Crippen LogP contribution in [0.25, 0.3) is 0 Å². The zero-order valence-corrected chi connectivity index (χ0v) is 13.1. The zero-order valence-electron chi connectivity index (χ0n) is 11.5. The minimum Gasteiger partial charge on any atom is -0.480 e. The number of halogens is 2. The molecule has 0 aliphatic carbocycles. The van der Waals surface area contributed by atoms with E-state index in [1.54, 1.807) is 12.1 Å². The molecule has 0 saturated carbocycles. The molecule has 0 saturated heterocycles. The highest BCUT2D eigenvalue weighted by Crippen LogP contribution is 2.27. The Kier molecular flexibility index (Phi) is 7.50. The maximum absolute atomic E-state index is 11.5. The summed E-state index contributed by atoms with van der Waals surface area (Å²) in [5.74, 6) is 0.0199. The van der Waals surface area contributed by atoms with Crippen LogP contribution in [0.2, 0.25) is 10.0 Å². The van der Waals surface area contributed by atoms with Crippen LogP contribution in [0.3, 0.4) is 0 Å². The summed E-state index contributed by atoms with van der Waals surface area (Å²) in [5, 5.41) is 0.810. The predicted octanol–water partition coefficient (Wildman–Crippen LogP) is 3.79. The maximum Gasteiger partial charge on any atom is 0.349 e. The van der Waals surface area contributed by atoms with E-state index >= 15 is 0 Å². The second-order valence-electron chi connectivity index (χ2n) is 3.41. The van der Waals surface area contributed by atoms with Gasteiger partial charge in [0.25, 0.3) is 0 Å². The quantitative estimate of drug-likeness (QED) is 0.799. The van der Waals surface area contributed by atoms with Crippen molar-refractivity contribution in [1.29, 1.82) is 0 Å². The summed E-state index contributed by atoms with van der Waals surface area (Å²) in [5.41, 5.74) is 0. The number of nitrogens with zero attached hydrogens (tertiary/aromatic N) is 2. The summed E-state index contributed by atoms with van der Waals surface area (Å²) in [6, 6.07) is 4.71. The van der Waals surface area contributed by atoms with E-state index in [0.717, 1.165) is 0 Å². The fraction of sp³-hybridized carbons (Fsp3) is 0.214. The SMILES string of the molecule is CC.O=C(COc1ccc(Cl)cc1Cl)Oc1cncnc1. The Morgan fingerprint density at radius 2 is 1.86 bits per heavy atom. The van der Waals surface area contributed by atoms with Crippen LogP contribution in [-0.4, -0.2) is 22.5 Å². The van der Waals surface area contributed by atoms with E-state index in [0.29, 0.717) is 15.8 Å². The first-order valence-corrected chi connectivity index (χ1v) is 6.94. The number of esters is 1. The third kappa shape index (κ3) is 5.97. The number of rotatable bonds is 4. The summed E-state index contributed by atoms with van der Waals surface area (Å²) in [6.45, 7) is 3.72. The zero-order chi connectivity index (χ0) is 15.7. The Labute approximate surface area is 132 Å². The van der Waals surface area contributed by atoms with Crippen LogP contribution in [0.5, 0.6) is 11.5 Å². The average Bonchev–Trinajstić information content (AvgIpc) is 2.49. The Morgan fingerprint density at radius 1 is 1.19 bits per heavy atom. The van der Waals surface area contributed by atoms with Gasteiger partial charge in [0.15, 0.2) is 12.4 Å². The third-order valence-electron chi connectivity index (χ3n) is 2.01. The number of ether oxygens (including phenoxy) is 2. The molecule has 0 bridgehead atoms. The summed E-state index contributed by atoms with van der Waals surface area (Å²) >= 11 is 11.6. The molecule has 1 heterocycles. The second kappa shape index (κ2) is 9.15. The van der Waals surface area contributed by atoms with E-state index in [1.165, 1.54) is 24.8 Å². The van der Waals surface area contributed by atoms with Gasteiger partial charge >= 0.3 is 5.97 Å². The lowest BCUT2D eigenvalue weighted by Crippen LogP contribution is -2.17. The van der Waals surface area contributed by atoms with E-state index in [2.05, 4.69) is 9.97 Å². The summed E-state index contributed by atoms with van der Waals surface area (Å²) < 4.78 is 10.2. The number of hydrogen-bond donors (Lipinski definition) is 0. The molecule has 0 atom stereocenters. The van der Waals surface area contributed by atoms with Crippen LogP contribution in [0.4, 0.5) is 0 Å². The lowest BCUT2D eigenvalue weighted by molar-refractivity contribution is -0.136. The number of aromatic nitrogens is 2. The van der Waals surface area contributed by atoms with Crippen LogP contribution in [-0.2, 0) is 4.79 Å². The molecule has 112 valence electrons. The van der Waals surface area contributed by atoms with Crippen LogP contribution in [0.1, 0.15) is 13.8 Å². The van der Waals surface area contributed by atoms with Crippen molar-refractivity contribution in [3.05, 3.63) is 47.0 Å². The Hall–Kier alpha value is -1.85. The van der Waals surface area contributed by atoms with Gasteiger partial charge in [-0.3, -0.25) is 0 Å². The van der Waals surface area contributed by atoms with Crippen molar-refractivity contribution >= 4 is 29.2 Å². The molecule has 0 aliphatic heterocycles. The van der Waals surface area contributed by atoms with Gasteiger partial charge in [0.05, 0.1) is 17.4 Å². The van der Waals surface area contributed by atoms with E-state index < -0.39 is 5.97 Å². The Bertz CT molecular complexity index is 580. The van der Waals surface area contributed by atoms with Gasteiger partial charge in [0.1, 0.15) is 12.1 Å². The number of hydrogen-bond acceptors (Lipinski definition) is 5. The van der Waals surface area contributed by atoms with E-state index in [1.807, 2.05) is 13.8 Å². The molecule has 1 aromatic carbocycles. The van der Waals surface area contributed by atoms with Crippen molar-refractivity contribution in [1.82, 2.24) is 9.97 Å². The Balaban J connectivity index is 0.00000106. The van der Waals surface area contributed by atoms with Gasteiger partial charge in [-0.2, -0.15) is 0 Å². The number of carbonyl (C=O) groups excluding carboxylic acids is 1. The first-order valence-electron chi connectivity index (χ1n) is 6.18. The Morgan fingerprint density at radius 3 is 2.48 bits per heavy atom. The molecule has 0 aliphatic rings. The molecule has 2 aromatic rings. The molecular formula is C14H14Cl2N2O3. The van der Waals surface area contributed by atoms with Gasteiger partial charge < -0.3 is 9.47 Å². The third-order valence-corrected chi connectivity index (χ3v) is 2.54. The van der Waals surface area contributed by atoms with Gasteiger partial charge in [0.2, 0.25) is 0 Å². The lowest BCUT2D eigenvalue weighted by Gasteiger charge is -2.07. The van der Waals surface area contributed by atoms with Gasteiger partial charge in [0, 0.05) is 5.02 Å². The van der Waals surface area contributed by atoms with Gasteiger partial charge in [-0.25, -0.2) is 14.8 Å². The highest BCUT2D eigenvalue weighted by Gasteiger charge is 2.08. The van der Waals surface area contributed by atoms with Crippen LogP contribution in [0.15, 0.2) is 36.9 Å². The molecule has 0 radical (unpaired) electrons. The molecule has 5 nitrogen and oxygen atoms in total. The fourth-order valence-electron chi connectivity index (χ4n) is 1.23. The standard InChI is InChI=1S/C12H8Cl2N2O3.C2H6/c13-8-1-2-11(10(14)3-8)18-6-12(17)19-9-4-15-7-16-5-9;1-2/h1-5,7H,6H2;1-2H3. The minimum atomic E-state index is -0.583. The normalized spacial score (nSPS) is 9.33. The molecule has 0 N–H and O–H groups in total. The minimum absolute atomic E-state index is 0.248. The fourth-order valence-corrected chi connectivity index (χ4v) is 1.69. The number of benzene rings is 1. The molecular weight excluding hydrogens is 315 g/mol. The molecule has 0 fully saturated rings. The molecule has 0 amide bonds. The smallest absolute Gasteiger partial charge is 0.349 e. The average molecular weight is 329 g/mol. The van der Waals surface area contributed by atoms with Crippen molar-refractivity contribution in [2.45, 2.75) is 13.8 Å². The van der Waals surface area contributed by atoms with Gasteiger partial charge in [-0.15, -0.1) is 0 Å². The van der Waals surface area contributed by atoms with Gasteiger partial charge in [-0.05, 0) is 18.2 Å². The predicted molar refractivity (Wildman–Crippen MR) is 81.0 cm³/mol. The van der Waals surface area contributed by atoms with Crippen LogP contribution >= 0.6 is 23.2 Å². The molecule has 7 heteroatoms. The van der Waals surface area contributed by atoms with Crippen molar-refractivity contribution in [3.8, 4) is 11.5 Å². The van der Waals surface area contributed by atoms with Crippen molar-refractivity contribution in [2.75, 3.05) is 6.61 Å². The van der Waals surface area contributed by atoms with Crippen molar-refractivity contribution < 1.29 is 14.3 Å². The maximum atomic E-state index is 11.5. The van der Waals surface area contributed by atoms with Crippen molar-refractivity contribution in [2.24, 2.45) is 0 Å². The number of carbonyl (C=O) groups is 1. The largest absolute Gasteiger partial charge is 0.480 e. The molecule has 1 aromatic heterocycles. The molecule has 2 rings (SSSR count). The highest BCUT2D eigenvalue weighted by atomic mass is 35.5. The van der Waals surface area contributed by atoms with Crippen LogP contribution in [0, 0.1) is 0 Å². The first kappa shape index (κ1) is 17.2. The van der Waals surface area contributed by atoms with E-state index in [4.69, 9.17) is 32.7 Å². The van der Waals surface area contributed by atoms with E-state index in [-0.39, 0.29) is 12.4 Å². The monoisotopic (exact) mass is 328 g/mol. The summed E-state index contributed by atoms with van der Waals surface area (Å²) in [6.07, 6.45) is 4.08. The van der Waals surface area contributed by atoms with Crippen molar-refractivity contribution in [3.63, 3.8) is 0 Å². The molecule has 0 spiro atoms. The van der Waals surface area contributed by atoms with E-state index in [9.17, 15) is 4.79 Å². The summed E-state index contributed by atoms with van der Waals surface area (Å²) in [4.78, 5) is 18.9. The van der Waals surface area contributed by atoms with Gasteiger partial charge in [-0.1, -0.05) is 37.0 Å². The lowest BCUT2D eigenvalue weighted by atomic mass is 10.3. The topological polar surface area (TPSA) is 61.3 Å². The highest BCUT2D eigenvalue weighted by molar-refractivity contribution is 6.35. The summed E-state index contributed by atoms with van der Waals surface area (Å²) in [7, 11) is 0. The molecule has 0 unspecified atom stereocenters. The van der Waals surface area contributed by atoms with Crippen LogP contribution < -0.4 is 9.47 Å². The molecule has 21 heavy (non-hydrogen) atoms. The first-order chi connectivity index (χ1) is 10.1. The second-order valence-corrected chi connectivity index (χ2v) is 4.26.